The minimum atomic E-state index is -0.228. The van der Waals surface area contributed by atoms with E-state index in [-0.39, 0.29) is 5.91 Å². The molecule has 0 fully saturated rings. The van der Waals surface area contributed by atoms with Crippen molar-refractivity contribution >= 4 is 28.3 Å². The third-order valence-electron chi connectivity index (χ3n) is 3.67. The van der Waals surface area contributed by atoms with Crippen LogP contribution in [0.25, 0.3) is 0 Å². The van der Waals surface area contributed by atoms with E-state index >= 15 is 0 Å². The molecule has 1 aromatic carbocycles. The smallest absolute Gasteiger partial charge is 0.270 e. The molecule has 2 aromatic heterocycles. The number of rotatable bonds is 8. The Kier molecular flexibility index (Phi) is 6.16. The third-order valence-corrected chi connectivity index (χ3v) is 4.43. The summed E-state index contributed by atoms with van der Waals surface area (Å²) in [6.45, 7) is 0.483. The molecule has 9 heteroatoms. The molecule has 2 N–H and O–H groups in total. The van der Waals surface area contributed by atoms with E-state index in [9.17, 15) is 4.79 Å². The summed E-state index contributed by atoms with van der Waals surface area (Å²) in [4.78, 5) is 24.6. The van der Waals surface area contributed by atoms with Gasteiger partial charge in [-0.1, -0.05) is 6.07 Å². The van der Waals surface area contributed by atoms with Gasteiger partial charge in [-0.25, -0.2) is 15.0 Å². The lowest BCUT2D eigenvalue weighted by Gasteiger charge is -2.09. The van der Waals surface area contributed by atoms with Crippen LogP contribution in [0.15, 0.2) is 42.0 Å². The molecule has 1 amide bonds. The zero-order valence-electron chi connectivity index (χ0n) is 14.9. The van der Waals surface area contributed by atoms with Crippen LogP contribution in [0.5, 0.6) is 11.5 Å². The molecule has 27 heavy (non-hydrogen) atoms. The highest BCUT2D eigenvalue weighted by atomic mass is 32.1. The summed E-state index contributed by atoms with van der Waals surface area (Å²) >= 11 is 1.32. The Morgan fingerprint density at radius 3 is 2.67 bits per heavy atom. The van der Waals surface area contributed by atoms with Gasteiger partial charge < -0.3 is 20.1 Å². The maximum Gasteiger partial charge on any atom is 0.270 e. The van der Waals surface area contributed by atoms with Crippen LogP contribution in [0, 0.1) is 0 Å². The Bertz CT molecular complexity index is 901. The highest BCUT2D eigenvalue weighted by Crippen LogP contribution is 2.27. The third kappa shape index (κ3) is 4.91. The number of nitrogens with one attached hydrogen (secondary N) is 2. The van der Waals surface area contributed by atoms with Crippen molar-refractivity contribution in [2.24, 2.45) is 0 Å². The Balaban J connectivity index is 1.52. The average Bonchev–Trinajstić information content (AvgIpc) is 3.17. The summed E-state index contributed by atoms with van der Waals surface area (Å²) in [5.74, 6) is 1.55. The Hall–Kier alpha value is -3.20. The van der Waals surface area contributed by atoms with Crippen LogP contribution >= 0.6 is 11.3 Å². The number of thiazole rings is 1. The molecule has 2 heterocycles. The van der Waals surface area contributed by atoms with E-state index in [0.717, 1.165) is 5.56 Å². The summed E-state index contributed by atoms with van der Waals surface area (Å²) in [5.41, 5.74) is 1.39. The van der Waals surface area contributed by atoms with E-state index in [2.05, 4.69) is 25.6 Å². The molecule has 0 aliphatic heterocycles. The van der Waals surface area contributed by atoms with Gasteiger partial charge in [0.1, 0.15) is 5.69 Å². The quantitative estimate of drug-likeness (QED) is 0.615. The van der Waals surface area contributed by atoms with Crippen molar-refractivity contribution in [1.29, 1.82) is 0 Å². The van der Waals surface area contributed by atoms with E-state index in [1.807, 2.05) is 18.2 Å². The number of benzene rings is 1. The van der Waals surface area contributed by atoms with Crippen molar-refractivity contribution in [2.75, 3.05) is 26.1 Å². The SMILES string of the molecule is COc1ccc(CCNC(=O)c2csc(Nc3ncccn3)n2)cc1OC. The van der Waals surface area contributed by atoms with E-state index < -0.39 is 0 Å². The topological polar surface area (TPSA) is 98.3 Å². The van der Waals surface area contributed by atoms with Crippen molar-refractivity contribution in [3.05, 3.63) is 53.3 Å². The molecule has 0 radical (unpaired) electrons. The molecule has 0 saturated carbocycles. The summed E-state index contributed by atoms with van der Waals surface area (Å²) in [7, 11) is 3.19. The number of nitrogens with zero attached hydrogens (tertiary/aromatic N) is 3. The van der Waals surface area contributed by atoms with Crippen molar-refractivity contribution in [3.8, 4) is 11.5 Å². The number of amides is 1. The molecule has 0 aliphatic carbocycles. The standard InChI is InChI=1S/C18H19N5O3S/c1-25-14-5-4-12(10-15(14)26-2)6-9-19-16(24)13-11-27-18(22-13)23-17-20-7-3-8-21-17/h3-5,7-8,10-11H,6,9H2,1-2H3,(H,19,24)(H,20,21,22,23). The lowest BCUT2D eigenvalue weighted by atomic mass is 10.1. The number of carbonyl (C=O) groups excluding carboxylic acids is 1. The van der Waals surface area contributed by atoms with Gasteiger partial charge in [0.25, 0.3) is 5.91 Å². The van der Waals surface area contributed by atoms with Gasteiger partial charge in [0, 0.05) is 24.3 Å². The van der Waals surface area contributed by atoms with Crippen molar-refractivity contribution < 1.29 is 14.3 Å². The fourth-order valence-electron chi connectivity index (χ4n) is 2.34. The van der Waals surface area contributed by atoms with Crippen LogP contribution in [0.3, 0.4) is 0 Å². The molecule has 0 aliphatic rings. The highest BCUT2D eigenvalue weighted by molar-refractivity contribution is 7.14. The van der Waals surface area contributed by atoms with Crippen LogP contribution in [-0.2, 0) is 6.42 Å². The van der Waals surface area contributed by atoms with Gasteiger partial charge in [0.2, 0.25) is 5.95 Å². The molecule has 0 unspecified atom stereocenters. The van der Waals surface area contributed by atoms with Gasteiger partial charge in [0.15, 0.2) is 16.6 Å². The molecular weight excluding hydrogens is 366 g/mol. The van der Waals surface area contributed by atoms with E-state index in [0.29, 0.717) is 41.2 Å². The number of hydrogen-bond donors (Lipinski definition) is 2. The average molecular weight is 385 g/mol. The molecule has 140 valence electrons. The van der Waals surface area contributed by atoms with E-state index in [1.165, 1.54) is 11.3 Å². The fraction of sp³-hybridized carbons (Fsp3) is 0.222. The van der Waals surface area contributed by atoms with Gasteiger partial charge in [-0.2, -0.15) is 0 Å². The lowest BCUT2D eigenvalue weighted by Crippen LogP contribution is -2.26. The second-order valence-electron chi connectivity index (χ2n) is 5.43. The maximum absolute atomic E-state index is 12.3. The summed E-state index contributed by atoms with van der Waals surface area (Å²) in [5, 5.41) is 8.08. The fourth-order valence-corrected chi connectivity index (χ4v) is 3.03. The number of anilines is 2. The number of hydrogen-bond acceptors (Lipinski definition) is 8. The first-order valence-electron chi connectivity index (χ1n) is 8.18. The van der Waals surface area contributed by atoms with Crippen molar-refractivity contribution in [3.63, 3.8) is 0 Å². The largest absolute Gasteiger partial charge is 0.493 e. The number of carbonyl (C=O) groups is 1. The normalized spacial score (nSPS) is 10.3. The van der Waals surface area contributed by atoms with Gasteiger partial charge in [0.05, 0.1) is 14.2 Å². The van der Waals surface area contributed by atoms with Gasteiger partial charge >= 0.3 is 0 Å². The van der Waals surface area contributed by atoms with Crippen LogP contribution in [0.1, 0.15) is 16.1 Å². The molecule has 8 nitrogen and oxygen atoms in total. The number of ether oxygens (including phenoxy) is 2. The van der Waals surface area contributed by atoms with Crippen molar-refractivity contribution in [2.45, 2.75) is 6.42 Å². The Morgan fingerprint density at radius 2 is 1.93 bits per heavy atom. The van der Waals surface area contributed by atoms with Crippen LogP contribution in [-0.4, -0.2) is 41.6 Å². The van der Waals surface area contributed by atoms with Gasteiger partial charge in [-0.05, 0) is 30.2 Å². The number of aromatic nitrogens is 3. The van der Waals surface area contributed by atoms with Gasteiger partial charge in [-0.3, -0.25) is 4.79 Å². The molecule has 3 rings (SSSR count). The predicted octanol–water partition coefficient (Wildman–Crippen LogP) is 2.67. The molecule has 3 aromatic rings. The first-order valence-corrected chi connectivity index (χ1v) is 9.06. The second kappa shape index (κ2) is 8.95. The minimum Gasteiger partial charge on any atom is -0.493 e. The first kappa shape index (κ1) is 18.6. The summed E-state index contributed by atoms with van der Waals surface area (Å²) < 4.78 is 10.5. The van der Waals surface area contributed by atoms with Crippen LogP contribution in [0.2, 0.25) is 0 Å². The predicted molar refractivity (Wildman–Crippen MR) is 103 cm³/mol. The zero-order valence-corrected chi connectivity index (χ0v) is 15.7. The highest BCUT2D eigenvalue weighted by Gasteiger charge is 2.11. The zero-order chi connectivity index (χ0) is 19.1. The molecule has 0 saturated heterocycles. The van der Waals surface area contributed by atoms with E-state index in [4.69, 9.17) is 9.47 Å². The lowest BCUT2D eigenvalue weighted by molar-refractivity contribution is 0.0950. The van der Waals surface area contributed by atoms with Crippen LogP contribution in [0.4, 0.5) is 11.1 Å². The van der Waals surface area contributed by atoms with E-state index in [1.54, 1.807) is 38.1 Å². The van der Waals surface area contributed by atoms with Crippen molar-refractivity contribution in [1.82, 2.24) is 20.3 Å². The number of methoxy groups -OCH3 is 2. The molecule has 0 atom stereocenters. The van der Waals surface area contributed by atoms with Gasteiger partial charge in [-0.15, -0.1) is 11.3 Å². The Morgan fingerprint density at radius 1 is 1.15 bits per heavy atom. The molecule has 0 spiro atoms. The maximum atomic E-state index is 12.3. The first-order chi connectivity index (χ1) is 13.2. The summed E-state index contributed by atoms with van der Waals surface area (Å²) in [6, 6.07) is 7.41. The monoisotopic (exact) mass is 385 g/mol. The Labute approximate surface area is 160 Å². The summed E-state index contributed by atoms with van der Waals surface area (Å²) in [6.07, 6.45) is 3.93. The van der Waals surface area contributed by atoms with Crippen LogP contribution < -0.4 is 20.1 Å². The minimum absolute atomic E-state index is 0.228. The molecule has 0 bridgehead atoms. The second-order valence-corrected chi connectivity index (χ2v) is 6.29. The molecular formula is C18H19N5O3S.